The number of rotatable bonds is 6. The Kier molecular flexibility index (Phi) is 5.92. The van der Waals surface area contributed by atoms with Crippen molar-refractivity contribution in [3.63, 3.8) is 0 Å². The second-order valence-electron chi connectivity index (χ2n) is 4.02. The third-order valence-electron chi connectivity index (χ3n) is 2.61. The average molecular weight is 329 g/mol. The molecule has 0 aromatic heterocycles. The van der Waals surface area contributed by atoms with Crippen LogP contribution in [-0.4, -0.2) is 13.2 Å². The lowest BCUT2D eigenvalue weighted by molar-refractivity contribution is -0.140. The van der Waals surface area contributed by atoms with Crippen LogP contribution in [0.5, 0.6) is 0 Å². The number of halogens is 4. The van der Waals surface area contributed by atoms with Gasteiger partial charge in [0.05, 0.1) is 18.8 Å². The van der Waals surface area contributed by atoms with E-state index < -0.39 is 36.5 Å². The van der Waals surface area contributed by atoms with Gasteiger partial charge in [0, 0.05) is 0 Å². The minimum absolute atomic E-state index is 0.0678. The van der Waals surface area contributed by atoms with Crippen LogP contribution in [0.2, 0.25) is 0 Å². The molecule has 21 heavy (non-hydrogen) atoms. The van der Waals surface area contributed by atoms with Crippen LogP contribution in [0.3, 0.4) is 0 Å². The topological polar surface area (TPSA) is 61.5 Å². The molecule has 9 heteroatoms. The molecule has 120 valence electrons. The van der Waals surface area contributed by atoms with Gasteiger partial charge in [0.25, 0.3) is 0 Å². The molecule has 0 spiro atoms. The summed E-state index contributed by atoms with van der Waals surface area (Å²) in [5, 5.41) is 0. The molecule has 1 rings (SSSR count). The van der Waals surface area contributed by atoms with E-state index in [1.165, 1.54) is 13.8 Å². The highest BCUT2D eigenvalue weighted by Gasteiger charge is 2.43. The maximum atomic E-state index is 13.5. The van der Waals surface area contributed by atoms with E-state index in [1.54, 1.807) is 0 Å². The van der Waals surface area contributed by atoms with E-state index >= 15 is 0 Å². The van der Waals surface area contributed by atoms with Crippen LogP contribution in [0.25, 0.3) is 0 Å². The maximum Gasteiger partial charge on any atom is 0.419 e. The van der Waals surface area contributed by atoms with E-state index in [4.69, 9.17) is 14.8 Å². The zero-order chi connectivity index (χ0) is 16.3. The van der Waals surface area contributed by atoms with Crippen molar-refractivity contribution in [2.45, 2.75) is 25.8 Å². The summed E-state index contributed by atoms with van der Waals surface area (Å²) in [6.45, 7) is 2.85. The molecule has 2 N–H and O–H groups in total. The van der Waals surface area contributed by atoms with Crippen LogP contribution < -0.4 is 5.73 Å². The standard InChI is InChI=1S/C12H16F4NO3P/c1-3-19-21(18,20-4-2)11(17)8-6-5-7-9(13)10(8)12(14,15)16/h5-7,11H,3-4,17H2,1-2H3/t11-/m1/s1. The van der Waals surface area contributed by atoms with Gasteiger partial charge in [0.1, 0.15) is 11.6 Å². The second-order valence-corrected chi connectivity index (χ2v) is 6.17. The van der Waals surface area contributed by atoms with E-state index in [-0.39, 0.29) is 13.2 Å². The predicted octanol–water partition coefficient (Wildman–Crippen LogP) is 4.07. The summed E-state index contributed by atoms with van der Waals surface area (Å²) >= 11 is 0. The number of nitrogens with two attached hydrogens (primary N) is 1. The zero-order valence-electron chi connectivity index (χ0n) is 11.5. The van der Waals surface area contributed by atoms with Crippen LogP contribution in [0.4, 0.5) is 17.6 Å². The monoisotopic (exact) mass is 329 g/mol. The Morgan fingerprint density at radius 2 is 1.76 bits per heavy atom. The highest BCUT2D eigenvalue weighted by molar-refractivity contribution is 7.54. The van der Waals surface area contributed by atoms with Gasteiger partial charge in [-0.15, -0.1) is 0 Å². The first-order valence-electron chi connectivity index (χ1n) is 6.17. The lowest BCUT2D eigenvalue weighted by atomic mass is 10.1. The number of hydrogen-bond acceptors (Lipinski definition) is 4. The SMILES string of the molecule is CCOP(=O)(OCC)[C@@H](N)c1cccc(F)c1C(F)(F)F. The van der Waals surface area contributed by atoms with E-state index in [1.807, 2.05) is 0 Å². The quantitative estimate of drug-likeness (QED) is 0.631. The summed E-state index contributed by atoms with van der Waals surface area (Å²) in [5.74, 6) is -3.22. The van der Waals surface area contributed by atoms with E-state index in [0.29, 0.717) is 6.07 Å². The van der Waals surface area contributed by atoms with Gasteiger partial charge in [-0.2, -0.15) is 13.2 Å². The van der Waals surface area contributed by atoms with Crippen LogP contribution in [0.15, 0.2) is 18.2 Å². The van der Waals surface area contributed by atoms with Crippen LogP contribution in [0.1, 0.15) is 30.8 Å². The summed E-state index contributed by atoms with van der Waals surface area (Å²) < 4.78 is 74.7. The van der Waals surface area contributed by atoms with E-state index in [2.05, 4.69) is 0 Å². The highest BCUT2D eigenvalue weighted by atomic mass is 31.2. The smallest absolute Gasteiger partial charge is 0.314 e. The fourth-order valence-corrected chi connectivity index (χ4v) is 3.49. The Labute approximate surface area is 119 Å². The van der Waals surface area contributed by atoms with E-state index in [0.717, 1.165) is 12.1 Å². The molecule has 1 aromatic rings. The second kappa shape index (κ2) is 6.87. The predicted molar refractivity (Wildman–Crippen MR) is 69.2 cm³/mol. The molecule has 0 radical (unpaired) electrons. The van der Waals surface area contributed by atoms with E-state index in [9.17, 15) is 22.1 Å². The Balaban J connectivity index is 3.39. The lowest BCUT2D eigenvalue weighted by Gasteiger charge is -2.25. The number of alkyl halides is 3. The molecule has 0 saturated heterocycles. The van der Waals surface area contributed by atoms with Gasteiger partial charge in [-0.1, -0.05) is 12.1 Å². The van der Waals surface area contributed by atoms with Crippen molar-refractivity contribution < 1.29 is 31.2 Å². The normalized spacial score (nSPS) is 14.2. The van der Waals surface area contributed by atoms with Gasteiger partial charge in [0.15, 0.2) is 0 Å². The summed E-state index contributed by atoms with van der Waals surface area (Å²) in [6, 6.07) is 2.68. The molecule has 1 aromatic carbocycles. The zero-order valence-corrected chi connectivity index (χ0v) is 12.4. The highest BCUT2D eigenvalue weighted by Crippen LogP contribution is 2.59. The largest absolute Gasteiger partial charge is 0.419 e. The average Bonchev–Trinajstić information content (AvgIpc) is 2.36. The minimum atomic E-state index is -4.97. The van der Waals surface area contributed by atoms with Crippen LogP contribution in [0, 0.1) is 5.82 Å². The van der Waals surface area contributed by atoms with Crippen molar-refractivity contribution in [1.82, 2.24) is 0 Å². The molecule has 1 atom stereocenters. The van der Waals surface area contributed by atoms with Gasteiger partial charge in [-0.05, 0) is 25.5 Å². The molecular weight excluding hydrogens is 313 g/mol. The summed E-state index contributed by atoms with van der Waals surface area (Å²) in [7, 11) is -4.04. The molecule has 0 bridgehead atoms. The van der Waals surface area contributed by atoms with Gasteiger partial charge < -0.3 is 14.8 Å². The molecule has 0 heterocycles. The molecule has 0 aliphatic rings. The minimum Gasteiger partial charge on any atom is -0.314 e. The van der Waals surface area contributed by atoms with Crippen molar-refractivity contribution in [2.75, 3.05) is 13.2 Å². The summed E-state index contributed by atoms with van der Waals surface area (Å²) in [5.41, 5.74) is 3.41. The summed E-state index contributed by atoms with van der Waals surface area (Å²) in [4.78, 5) is 0. The van der Waals surface area contributed by atoms with Crippen molar-refractivity contribution >= 4 is 7.60 Å². The number of hydrogen-bond donors (Lipinski definition) is 1. The molecule has 0 amide bonds. The van der Waals surface area contributed by atoms with Gasteiger partial charge >= 0.3 is 13.8 Å². The number of benzene rings is 1. The molecule has 0 aliphatic carbocycles. The van der Waals surface area contributed by atoms with Crippen LogP contribution in [-0.2, 0) is 19.8 Å². The first-order chi connectivity index (χ1) is 9.67. The first-order valence-corrected chi connectivity index (χ1v) is 7.78. The Bertz CT molecular complexity index is 526. The Morgan fingerprint density at radius 1 is 1.24 bits per heavy atom. The summed E-state index contributed by atoms with van der Waals surface area (Å²) in [6.07, 6.45) is -4.97. The van der Waals surface area contributed by atoms with Gasteiger partial charge in [-0.25, -0.2) is 4.39 Å². The third kappa shape index (κ3) is 4.03. The van der Waals surface area contributed by atoms with Crippen molar-refractivity contribution in [3.05, 3.63) is 35.1 Å². The molecular formula is C12H16F4NO3P. The third-order valence-corrected chi connectivity index (χ3v) is 4.80. The lowest BCUT2D eigenvalue weighted by Crippen LogP contribution is -2.21. The van der Waals surface area contributed by atoms with Crippen molar-refractivity contribution in [3.8, 4) is 0 Å². The fourth-order valence-electron chi connectivity index (χ4n) is 1.81. The molecule has 0 aliphatic heterocycles. The molecule has 0 fully saturated rings. The first kappa shape index (κ1) is 18.1. The van der Waals surface area contributed by atoms with Crippen LogP contribution >= 0.6 is 7.60 Å². The maximum absolute atomic E-state index is 13.5. The molecule has 0 saturated carbocycles. The van der Waals surface area contributed by atoms with Crippen molar-refractivity contribution in [1.29, 1.82) is 0 Å². The van der Waals surface area contributed by atoms with Gasteiger partial charge in [0.2, 0.25) is 0 Å². The Hall–Kier alpha value is -0.950. The van der Waals surface area contributed by atoms with Crippen molar-refractivity contribution in [2.24, 2.45) is 5.73 Å². The molecule has 0 unspecified atom stereocenters. The fraction of sp³-hybridized carbons (Fsp3) is 0.500. The molecule has 4 nitrogen and oxygen atoms in total. The Morgan fingerprint density at radius 3 is 2.19 bits per heavy atom. The van der Waals surface area contributed by atoms with Gasteiger partial charge in [-0.3, -0.25) is 4.57 Å².